The summed E-state index contributed by atoms with van der Waals surface area (Å²) in [4.78, 5) is 15.3. The lowest BCUT2D eigenvalue weighted by molar-refractivity contribution is 0.262. The first-order chi connectivity index (χ1) is 18.5. The smallest absolute Gasteiger partial charge is 0.324 e. The fourth-order valence-electron chi connectivity index (χ4n) is 4.73. The SMILES string of the molecule is CC(C)(C)c1cc(NC(=O)Nc2cccc3ccccc23)n(-c2ccc(N3CCS(=O)(=O)CC3)cc2CN)n1. The average molecular weight is 547 g/mol. The zero-order valence-electron chi connectivity index (χ0n) is 22.4. The molecule has 4 aromatic rings. The molecule has 0 radical (unpaired) electrons. The van der Waals surface area contributed by atoms with E-state index in [9.17, 15) is 13.2 Å². The molecule has 3 aromatic carbocycles. The highest BCUT2D eigenvalue weighted by Gasteiger charge is 2.25. The molecule has 0 atom stereocenters. The quantitative estimate of drug-likeness (QED) is 0.335. The predicted octanol–water partition coefficient (Wildman–Crippen LogP) is 4.66. The average Bonchev–Trinajstić information content (AvgIpc) is 3.32. The van der Waals surface area contributed by atoms with Crippen LogP contribution in [0.15, 0.2) is 66.7 Å². The van der Waals surface area contributed by atoms with E-state index >= 15 is 0 Å². The Kier molecular flexibility index (Phi) is 7.09. The molecule has 0 saturated carbocycles. The van der Waals surface area contributed by atoms with E-state index in [0.29, 0.717) is 24.6 Å². The van der Waals surface area contributed by atoms with Crippen LogP contribution in [0.25, 0.3) is 16.5 Å². The van der Waals surface area contributed by atoms with Crippen molar-refractivity contribution in [2.24, 2.45) is 5.73 Å². The minimum absolute atomic E-state index is 0.140. The van der Waals surface area contributed by atoms with Crippen molar-refractivity contribution in [3.05, 3.63) is 78.0 Å². The molecule has 1 aliphatic rings. The van der Waals surface area contributed by atoms with Gasteiger partial charge < -0.3 is 16.0 Å². The van der Waals surface area contributed by atoms with Crippen molar-refractivity contribution < 1.29 is 13.2 Å². The molecule has 0 bridgehead atoms. The first-order valence-electron chi connectivity index (χ1n) is 13.0. The number of hydrogen-bond acceptors (Lipinski definition) is 6. The van der Waals surface area contributed by atoms with E-state index in [1.54, 1.807) is 4.68 Å². The van der Waals surface area contributed by atoms with E-state index in [4.69, 9.17) is 10.8 Å². The molecule has 1 fully saturated rings. The Morgan fingerprint density at radius 2 is 1.69 bits per heavy atom. The van der Waals surface area contributed by atoms with Gasteiger partial charge >= 0.3 is 6.03 Å². The third-order valence-corrected chi connectivity index (χ3v) is 8.59. The highest BCUT2D eigenvalue weighted by molar-refractivity contribution is 7.91. The maximum absolute atomic E-state index is 13.2. The van der Waals surface area contributed by atoms with Crippen LogP contribution in [-0.4, -0.2) is 48.8 Å². The molecule has 204 valence electrons. The molecule has 1 aliphatic heterocycles. The number of sulfone groups is 1. The van der Waals surface area contributed by atoms with Crippen LogP contribution in [0, 0.1) is 0 Å². The summed E-state index contributed by atoms with van der Waals surface area (Å²) < 4.78 is 25.5. The fourth-order valence-corrected chi connectivity index (χ4v) is 5.94. The number of urea groups is 1. The number of carbonyl (C=O) groups is 1. The lowest BCUT2D eigenvalue weighted by Gasteiger charge is -2.29. The summed E-state index contributed by atoms with van der Waals surface area (Å²) in [5.74, 6) is 0.797. The van der Waals surface area contributed by atoms with Crippen LogP contribution in [-0.2, 0) is 21.8 Å². The molecule has 0 spiro atoms. The molecule has 0 unspecified atom stereocenters. The van der Waals surface area contributed by atoms with Gasteiger partial charge in [-0.1, -0.05) is 57.2 Å². The second-order valence-electron chi connectivity index (χ2n) is 10.8. The Morgan fingerprint density at radius 1 is 0.974 bits per heavy atom. The fraction of sp³-hybridized carbons (Fsp3) is 0.310. The number of nitrogens with one attached hydrogen (secondary N) is 2. The van der Waals surface area contributed by atoms with Gasteiger partial charge in [-0.2, -0.15) is 5.10 Å². The van der Waals surface area contributed by atoms with E-state index in [-0.39, 0.29) is 29.5 Å². The van der Waals surface area contributed by atoms with Crippen molar-refractivity contribution in [1.29, 1.82) is 0 Å². The summed E-state index contributed by atoms with van der Waals surface area (Å²) in [6, 6.07) is 21.0. The van der Waals surface area contributed by atoms with Crippen LogP contribution >= 0.6 is 0 Å². The maximum Gasteiger partial charge on any atom is 0.324 e. The van der Waals surface area contributed by atoms with Gasteiger partial charge in [-0.3, -0.25) is 5.32 Å². The first-order valence-corrected chi connectivity index (χ1v) is 14.8. The van der Waals surface area contributed by atoms with Crippen LogP contribution in [0.3, 0.4) is 0 Å². The molecular weight excluding hydrogens is 512 g/mol. The van der Waals surface area contributed by atoms with Gasteiger partial charge in [0, 0.05) is 42.2 Å². The number of aromatic nitrogens is 2. The van der Waals surface area contributed by atoms with Gasteiger partial charge in [-0.15, -0.1) is 0 Å². The number of anilines is 3. The monoisotopic (exact) mass is 546 g/mol. The highest BCUT2D eigenvalue weighted by atomic mass is 32.2. The Hall–Kier alpha value is -3.89. The van der Waals surface area contributed by atoms with Crippen molar-refractivity contribution in [3.8, 4) is 5.69 Å². The van der Waals surface area contributed by atoms with Crippen molar-refractivity contribution in [1.82, 2.24) is 9.78 Å². The van der Waals surface area contributed by atoms with Gasteiger partial charge in [-0.25, -0.2) is 17.9 Å². The molecule has 10 heteroatoms. The van der Waals surface area contributed by atoms with Gasteiger partial charge in [0.05, 0.1) is 28.6 Å². The van der Waals surface area contributed by atoms with E-state index in [1.165, 1.54) is 0 Å². The summed E-state index contributed by atoms with van der Waals surface area (Å²) in [5.41, 5.74) is 9.95. The van der Waals surface area contributed by atoms with Crippen LogP contribution in [0.1, 0.15) is 32.0 Å². The zero-order chi connectivity index (χ0) is 27.8. The summed E-state index contributed by atoms with van der Waals surface area (Å²) in [7, 11) is -2.98. The van der Waals surface area contributed by atoms with Gasteiger partial charge in [-0.05, 0) is 35.2 Å². The van der Waals surface area contributed by atoms with Crippen LogP contribution < -0.4 is 21.3 Å². The molecule has 1 aromatic heterocycles. The van der Waals surface area contributed by atoms with Crippen molar-refractivity contribution in [3.63, 3.8) is 0 Å². The number of nitrogens with zero attached hydrogens (tertiary/aromatic N) is 3. The van der Waals surface area contributed by atoms with E-state index < -0.39 is 9.84 Å². The summed E-state index contributed by atoms with van der Waals surface area (Å²) in [6.45, 7) is 7.35. The van der Waals surface area contributed by atoms with Gasteiger partial charge in [0.1, 0.15) is 5.82 Å². The Morgan fingerprint density at radius 3 is 2.41 bits per heavy atom. The Labute approximate surface area is 228 Å². The zero-order valence-corrected chi connectivity index (χ0v) is 23.3. The maximum atomic E-state index is 13.2. The summed E-state index contributed by atoms with van der Waals surface area (Å²) in [6.07, 6.45) is 0. The topological polar surface area (TPSA) is 122 Å². The Balaban J connectivity index is 1.46. The first kappa shape index (κ1) is 26.7. The van der Waals surface area contributed by atoms with Crippen LogP contribution in [0.4, 0.5) is 22.0 Å². The van der Waals surface area contributed by atoms with E-state index in [2.05, 4.69) is 36.3 Å². The molecule has 2 amide bonds. The molecule has 9 nitrogen and oxygen atoms in total. The lowest BCUT2D eigenvalue weighted by Crippen LogP contribution is -2.40. The number of amides is 2. The van der Waals surface area contributed by atoms with E-state index in [1.807, 2.05) is 66.7 Å². The normalized spacial score (nSPS) is 15.3. The third kappa shape index (κ3) is 5.76. The molecule has 0 aliphatic carbocycles. The standard InChI is InChI=1S/C29H34N6O3S/c1-29(2,3)26-18-27(32-28(36)31-24-10-6-8-20-7-4-5-9-23(20)24)35(33-26)25-12-11-22(17-21(25)19-30)34-13-15-39(37,38)16-14-34/h4-12,17-18H,13-16,19,30H2,1-3H3,(H2,31,32,36). The van der Waals surface area contributed by atoms with E-state index in [0.717, 1.165) is 33.4 Å². The van der Waals surface area contributed by atoms with Gasteiger partial charge in [0.15, 0.2) is 9.84 Å². The summed E-state index contributed by atoms with van der Waals surface area (Å²) in [5, 5.41) is 12.8. The lowest BCUT2D eigenvalue weighted by atomic mass is 9.92. The number of benzene rings is 3. The number of nitrogens with two attached hydrogens (primary N) is 1. The van der Waals surface area contributed by atoms with Crippen molar-refractivity contribution in [2.75, 3.05) is 40.1 Å². The molecular formula is C29H34N6O3S. The number of fused-ring (bicyclic) bond motifs is 1. The third-order valence-electron chi connectivity index (χ3n) is 6.98. The van der Waals surface area contributed by atoms with Gasteiger partial charge in [0.25, 0.3) is 0 Å². The molecule has 2 heterocycles. The number of hydrogen-bond donors (Lipinski definition) is 3. The minimum Gasteiger partial charge on any atom is -0.369 e. The molecule has 5 rings (SSSR count). The predicted molar refractivity (Wildman–Crippen MR) is 158 cm³/mol. The Bertz CT molecular complexity index is 1620. The van der Waals surface area contributed by atoms with Crippen molar-refractivity contribution >= 4 is 43.8 Å². The number of carbonyl (C=O) groups excluding carboxylic acids is 1. The van der Waals surface area contributed by atoms with Gasteiger partial charge in [0.2, 0.25) is 0 Å². The minimum atomic E-state index is -2.98. The van der Waals surface area contributed by atoms with Crippen molar-refractivity contribution in [2.45, 2.75) is 32.7 Å². The van der Waals surface area contributed by atoms with Crippen LogP contribution in [0.2, 0.25) is 0 Å². The number of rotatable bonds is 5. The summed E-state index contributed by atoms with van der Waals surface area (Å²) >= 11 is 0. The van der Waals surface area contributed by atoms with Crippen LogP contribution in [0.5, 0.6) is 0 Å². The molecule has 1 saturated heterocycles. The second-order valence-corrected chi connectivity index (χ2v) is 13.1. The largest absolute Gasteiger partial charge is 0.369 e. The second kappa shape index (κ2) is 10.3. The molecule has 39 heavy (non-hydrogen) atoms. The highest BCUT2D eigenvalue weighted by Crippen LogP contribution is 2.30. The molecule has 4 N–H and O–H groups in total.